The lowest BCUT2D eigenvalue weighted by Crippen LogP contribution is -1.85. The third-order valence-electron chi connectivity index (χ3n) is 0.168. The predicted molar refractivity (Wildman–Crippen MR) is 22.0 cm³/mol. The second kappa shape index (κ2) is 4.40. The van der Waals surface area contributed by atoms with Crippen LogP contribution < -0.4 is 0 Å². The van der Waals surface area contributed by atoms with Crippen molar-refractivity contribution in [3.8, 4) is 0 Å². The zero-order chi connectivity index (χ0) is 4.12. The first kappa shape index (κ1) is 5.40. The maximum Gasteiger partial charge on any atom is 0.144 e. The monoisotopic (exact) mass is 140 g/mol. The number of rotatable bonds is 2. The summed E-state index contributed by atoms with van der Waals surface area (Å²) in [6.07, 6.45) is 0. The third-order valence-corrected chi connectivity index (χ3v) is 0.492. The molecule has 0 unspecified atom stereocenters. The topological polar surface area (TPSA) is 29.5 Å². The fourth-order valence-electron chi connectivity index (χ4n) is 0.0345. The van der Waals surface area contributed by atoms with Gasteiger partial charge in [-0.25, -0.2) is 0 Å². The van der Waals surface area contributed by atoms with Gasteiger partial charge in [-0.15, -0.1) is 0 Å². The predicted octanol–water partition coefficient (Wildman–Crippen LogP) is 0.305. The summed E-state index contributed by atoms with van der Waals surface area (Å²) >= 11 is 2.93. The zero-order valence-corrected chi connectivity index (χ0v) is 4.23. The Hall–Kier alpha value is 0.400. The number of ether oxygens (including phenoxy) is 1. The van der Waals surface area contributed by atoms with E-state index in [2.05, 4.69) is 20.7 Å². The van der Waals surface area contributed by atoms with Gasteiger partial charge in [-0.3, -0.25) is 0 Å². The van der Waals surface area contributed by atoms with Gasteiger partial charge in [-0.05, 0) is 0 Å². The molecule has 0 saturated carbocycles. The summed E-state index contributed by atoms with van der Waals surface area (Å²) in [5.41, 5.74) is 0.406. The number of aliphatic hydroxyl groups excluding tert-OH is 1. The molecule has 0 aliphatic carbocycles. The van der Waals surface area contributed by atoms with E-state index in [0.29, 0.717) is 5.52 Å². The highest BCUT2D eigenvalue weighted by molar-refractivity contribution is 9.09. The number of alkyl halides is 1. The molecule has 0 aliphatic heterocycles. The second-order valence-electron chi connectivity index (χ2n) is 0.442. The molecule has 0 aliphatic rings. The van der Waals surface area contributed by atoms with Crippen molar-refractivity contribution in [3.05, 3.63) is 0 Å². The average Bonchev–Trinajstić information content (AvgIpc) is 1.41. The van der Waals surface area contributed by atoms with Gasteiger partial charge in [-0.1, -0.05) is 15.9 Å². The number of halogens is 1. The van der Waals surface area contributed by atoms with E-state index in [1.807, 2.05) is 0 Å². The van der Waals surface area contributed by atoms with Crippen molar-refractivity contribution in [1.82, 2.24) is 0 Å². The molecule has 2 nitrogen and oxygen atoms in total. The summed E-state index contributed by atoms with van der Waals surface area (Å²) in [4.78, 5) is 0. The number of hydrogen-bond donors (Lipinski definition) is 1. The SMILES string of the molecule is OCOCBr. The van der Waals surface area contributed by atoms with Gasteiger partial charge in [-0.2, -0.15) is 0 Å². The summed E-state index contributed by atoms with van der Waals surface area (Å²) < 4.78 is 4.31. The summed E-state index contributed by atoms with van der Waals surface area (Å²) in [6.45, 7) is -0.203. The Morgan fingerprint density at radius 2 is 2.40 bits per heavy atom. The molecule has 0 heterocycles. The van der Waals surface area contributed by atoms with Crippen LogP contribution in [0.15, 0.2) is 0 Å². The van der Waals surface area contributed by atoms with Crippen molar-refractivity contribution in [2.75, 3.05) is 12.3 Å². The number of hydrogen-bond acceptors (Lipinski definition) is 2. The molecule has 0 amide bonds. The minimum absolute atomic E-state index is 0.203. The fraction of sp³-hybridized carbons (Fsp3) is 1.00. The van der Waals surface area contributed by atoms with E-state index in [9.17, 15) is 0 Å². The van der Waals surface area contributed by atoms with Gasteiger partial charge in [0.15, 0.2) is 0 Å². The van der Waals surface area contributed by atoms with Crippen molar-refractivity contribution in [3.63, 3.8) is 0 Å². The highest BCUT2D eigenvalue weighted by Gasteiger charge is 1.66. The lowest BCUT2D eigenvalue weighted by molar-refractivity contribution is 0.0258. The summed E-state index contributed by atoms with van der Waals surface area (Å²) in [7, 11) is 0. The van der Waals surface area contributed by atoms with Crippen LogP contribution >= 0.6 is 15.9 Å². The summed E-state index contributed by atoms with van der Waals surface area (Å²) in [5.74, 6) is 0. The lowest BCUT2D eigenvalue weighted by atomic mass is 11.4. The van der Waals surface area contributed by atoms with E-state index in [-0.39, 0.29) is 6.79 Å². The van der Waals surface area contributed by atoms with Crippen molar-refractivity contribution < 1.29 is 9.84 Å². The first-order valence-electron chi connectivity index (χ1n) is 1.16. The van der Waals surface area contributed by atoms with Crippen molar-refractivity contribution >= 4 is 15.9 Å². The fourth-order valence-corrected chi connectivity index (χ4v) is 0.179. The van der Waals surface area contributed by atoms with E-state index in [1.54, 1.807) is 0 Å². The molecule has 0 spiro atoms. The average molecular weight is 141 g/mol. The molecule has 1 N–H and O–H groups in total. The van der Waals surface area contributed by atoms with E-state index in [1.165, 1.54) is 0 Å². The van der Waals surface area contributed by atoms with Crippen LogP contribution in [0.1, 0.15) is 0 Å². The normalized spacial score (nSPS) is 8.40. The quantitative estimate of drug-likeness (QED) is 0.442. The molecule has 0 atom stereocenters. The second-order valence-corrected chi connectivity index (χ2v) is 0.900. The van der Waals surface area contributed by atoms with Crippen molar-refractivity contribution in [1.29, 1.82) is 0 Å². The highest BCUT2D eigenvalue weighted by Crippen LogP contribution is 1.76. The Balaban J connectivity index is 2.19. The minimum Gasteiger partial charge on any atom is -0.371 e. The molecule has 0 saturated heterocycles. The highest BCUT2D eigenvalue weighted by atomic mass is 79.9. The Morgan fingerprint density at radius 1 is 1.80 bits per heavy atom. The Kier molecular flexibility index (Phi) is 4.75. The van der Waals surface area contributed by atoms with E-state index in [0.717, 1.165) is 0 Å². The van der Waals surface area contributed by atoms with Crippen LogP contribution in [0.4, 0.5) is 0 Å². The Bertz CT molecular complexity index is 15.1. The van der Waals surface area contributed by atoms with Crippen LogP contribution in [0.25, 0.3) is 0 Å². The maximum absolute atomic E-state index is 7.81. The molecule has 0 aromatic heterocycles. The molecule has 3 heteroatoms. The molecule has 0 bridgehead atoms. The minimum atomic E-state index is -0.203. The van der Waals surface area contributed by atoms with Gasteiger partial charge in [0, 0.05) is 0 Å². The van der Waals surface area contributed by atoms with E-state index < -0.39 is 0 Å². The van der Waals surface area contributed by atoms with Gasteiger partial charge in [0.25, 0.3) is 0 Å². The molecular formula is C2H5BrO2. The lowest BCUT2D eigenvalue weighted by Gasteiger charge is -1.84. The number of aliphatic hydroxyl groups is 1. The van der Waals surface area contributed by atoms with Crippen molar-refractivity contribution in [2.45, 2.75) is 0 Å². The van der Waals surface area contributed by atoms with Gasteiger partial charge in [0.2, 0.25) is 0 Å². The maximum atomic E-state index is 7.81. The van der Waals surface area contributed by atoms with Crippen LogP contribution in [0, 0.1) is 0 Å². The van der Waals surface area contributed by atoms with Crippen LogP contribution in [0.5, 0.6) is 0 Å². The van der Waals surface area contributed by atoms with Crippen LogP contribution in [0.3, 0.4) is 0 Å². The first-order valence-corrected chi connectivity index (χ1v) is 2.28. The van der Waals surface area contributed by atoms with E-state index >= 15 is 0 Å². The van der Waals surface area contributed by atoms with Crippen LogP contribution in [0.2, 0.25) is 0 Å². The molecule has 0 rings (SSSR count). The van der Waals surface area contributed by atoms with Crippen LogP contribution in [-0.2, 0) is 4.74 Å². The molecule has 0 aromatic carbocycles. The van der Waals surface area contributed by atoms with Gasteiger partial charge in [0.1, 0.15) is 12.3 Å². The van der Waals surface area contributed by atoms with Gasteiger partial charge in [0.05, 0.1) is 0 Å². The molecular weight excluding hydrogens is 136 g/mol. The first-order chi connectivity index (χ1) is 2.41. The van der Waals surface area contributed by atoms with Crippen LogP contribution in [-0.4, -0.2) is 17.4 Å². The molecule has 32 valence electrons. The van der Waals surface area contributed by atoms with Gasteiger partial charge >= 0.3 is 0 Å². The zero-order valence-electron chi connectivity index (χ0n) is 2.65. The smallest absolute Gasteiger partial charge is 0.144 e. The Morgan fingerprint density at radius 3 is 2.40 bits per heavy atom. The third kappa shape index (κ3) is 4.40. The molecule has 0 radical (unpaired) electrons. The largest absolute Gasteiger partial charge is 0.371 e. The summed E-state index contributed by atoms with van der Waals surface area (Å²) in [6, 6.07) is 0. The molecule has 0 fully saturated rings. The van der Waals surface area contributed by atoms with E-state index in [4.69, 9.17) is 5.11 Å². The Labute approximate surface area is 38.9 Å². The van der Waals surface area contributed by atoms with Gasteiger partial charge < -0.3 is 9.84 Å². The standard InChI is InChI=1S/C2H5BrO2/c3-1-5-2-4/h4H,1-2H2. The molecule has 0 aromatic rings. The molecule has 5 heavy (non-hydrogen) atoms. The van der Waals surface area contributed by atoms with Crippen molar-refractivity contribution in [2.24, 2.45) is 0 Å². The summed E-state index contributed by atoms with van der Waals surface area (Å²) in [5, 5.41) is 7.81.